The molecule has 1 aliphatic heterocycles. The van der Waals surface area contributed by atoms with Gasteiger partial charge in [-0.1, -0.05) is 18.2 Å². The van der Waals surface area contributed by atoms with E-state index in [4.69, 9.17) is 11.6 Å². The minimum atomic E-state index is 0.676. The van der Waals surface area contributed by atoms with Crippen LogP contribution in [0, 0.1) is 0 Å². The van der Waals surface area contributed by atoms with Crippen molar-refractivity contribution in [3.63, 3.8) is 0 Å². The average molecular weight is 195 g/mol. The van der Waals surface area contributed by atoms with E-state index in [1.165, 1.54) is 0 Å². The Labute approximate surface area is 83.0 Å². The van der Waals surface area contributed by atoms with Crippen LogP contribution in [0.25, 0.3) is 0 Å². The van der Waals surface area contributed by atoms with Gasteiger partial charge in [-0.3, -0.25) is 4.99 Å². The fraction of sp³-hybridized carbons (Fsp3) is 0.200. The molecule has 0 saturated carbocycles. The number of nitrogens with one attached hydrogen (secondary N) is 1. The Morgan fingerprint density at radius 1 is 1.85 bits per heavy atom. The fourth-order valence-corrected chi connectivity index (χ4v) is 0.988. The summed E-state index contributed by atoms with van der Waals surface area (Å²) in [6, 6.07) is 0. The van der Waals surface area contributed by atoms with Crippen molar-refractivity contribution in [2.24, 2.45) is 4.99 Å². The Balaban J connectivity index is 2.45. The van der Waals surface area contributed by atoms with Crippen molar-refractivity contribution in [2.75, 3.05) is 6.54 Å². The predicted molar refractivity (Wildman–Crippen MR) is 56.8 cm³/mol. The lowest BCUT2D eigenvalue weighted by Crippen LogP contribution is -2.03. The van der Waals surface area contributed by atoms with Crippen molar-refractivity contribution in [3.8, 4) is 0 Å². The van der Waals surface area contributed by atoms with E-state index in [0.717, 1.165) is 10.7 Å². The van der Waals surface area contributed by atoms with Gasteiger partial charge in [-0.2, -0.15) is 0 Å². The Bertz CT molecular complexity index is 297. The van der Waals surface area contributed by atoms with Gasteiger partial charge < -0.3 is 5.32 Å². The molecule has 13 heavy (non-hydrogen) atoms. The SMILES string of the molecule is C=C=CC/C(Cl)=C\C=C1/CN=CN1. The van der Waals surface area contributed by atoms with E-state index in [9.17, 15) is 0 Å². The second kappa shape index (κ2) is 5.41. The largest absolute Gasteiger partial charge is 0.349 e. The van der Waals surface area contributed by atoms with Gasteiger partial charge in [0, 0.05) is 17.2 Å². The molecule has 0 bridgehead atoms. The highest BCUT2D eigenvalue weighted by atomic mass is 35.5. The number of halogens is 1. The smallest absolute Gasteiger partial charge is 0.0870 e. The predicted octanol–water partition coefficient (Wildman–Crippen LogP) is 2.36. The second-order valence-corrected chi connectivity index (χ2v) is 3.02. The van der Waals surface area contributed by atoms with Gasteiger partial charge in [0.1, 0.15) is 0 Å². The second-order valence-electron chi connectivity index (χ2n) is 2.53. The van der Waals surface area contributed by atoms with E-state index in [1.54, 1.807) is 12.4 Å². The molecular formula is C10H11ClN2. The molecule has 0 radical (unpaired) electrons. The molecule has 2 nitrogen and oxygen atoms in total. The number of hydrogen-bond acceptors (Lipinski definition) is 2. The number of allylic oxidation sites excluding steroid dienone is 4. The molecular weight excluding hydrogens is 184 g/mol. The summed E-state index contributed by atoms with van der Waals surface area (Å²) >= 11 is 5.89. The molecule has 0 saturated heterocycles. The minimum Gasteiger partial charge on any atom is -0.349 e. The Morgan fingerprint density at radius 2 is 2.69 bits per heavy atom. The summed E-state index contributed by atoms with van der Waals surface area (Å²) in [7, 11) is 0. The van der Waals surface area contributed by atoms with E-state index in [2.05, 4.69) is 22.6 Å². The third-order valence-corrected chi connectivity index (χ3v) is 1.79. The molecule has 0 amide bonds. The number of hydrogen-bond donors (Lipinski definition) is 1. The fourth-order valence-electron chi connectivity index (χ4n) is 0.848. The van der Waals surface area contributed by atoms with Crippen LogP contribution in [0.4, 0.5) is 0 Å². The summed E-state index contributed by atoms with van der Waals surface area (Å²) in [5.41, 5.74) is 3.72. The first-order valence-electron chi connectivity index (χ1n) is 3.97. The van der Waals surface area contributed by atoms with Gasteiger partial charge in [0.25, 0.3) is 0 Å². The van der Waals surface area contributed by atoms with E-state index >= 15 is 0 Å². The van der Waals surface area contributed by atoms with Gasteiger partial charge in [-0.15, -0.1) is 5.73 Å². The van der Waals surface area contributed by atoms with Gasteiger partial charge in [-0.25, -0.2) is 0 Å². The average Bonchev–Trinajstić information content (AvgIpc) is 2.64. The molecule has 0 aromatic rings. The van der Waals surface area contributed by atoms with Crippen LogP contribution in [0.5, 0.6) is 0 Å². The van der Waals surface area contributed by atoms with Gasteiger partial charge in [-0.05, 0) is 18.2 Å². The highest BCUT2D eigenvalue weighted by molar-refractivity contribution is 6.29. The molecule has 68 valence electrons. The molecule has 0 aliphatic carbocycles. The minimum absolute atomic E-state index is 0.676. The molecule has 0 unspecified atom stereocenters. The van der Waals surface area contributed by atoms with Crippen LogP contribution in [0.3, 0.4) is 0 Å². The molecule has 3 heteroatoms. The first-order valence-corrected chi connectivity index (χ1v) is 4.35. The summed E-state index contributed by atoms with van der Waals surface area (Å²) in [4.78, 5) is 4.00. The summed E-state index contributed by atoms with van der Waals surface area (Å²) < 4.78 is 0. The normalized spacial score (nSPS) is 18.5. The summed E-state index contributed by atoms with van der Waals surface area (Å²) in [5.74, 6) is 0. The van der Waals surface area contributed by atoms with Crippen molar-refractivity contribution in [2.45, 2.75) is 6.42 Å². The zero-order valence-electron chi connectivity index (χ0n) is 7.26. The van der Waals surface area contributed by atoms with Crippen LogP contribution in [-0.2, 0) is 0 Å². The third-order valence-electron chi connectivity index (χ3n) is 1.51. The van der Waals surface area contributed by atoms with Crippen LogP contribution in [-0.4, -0.2) is 12.9 Å². The van der Waals surface area contributed by atoms with E-state index in [1.807, 2.05) is 12.2 Å². The third kappa shape index (κ3) is 3.79. The van der Waals surface area contributed by atoms with Crippen molar-refractivity contribution < 1.29 is 0 Å². The van der Waals surface area contributed by atoms with Crippen molar-refractivity contribution in [3.05, 3.63) is 41.3 Å². The molecule has 1 N–H and O–H groups in total. The Morgan fingerprint density at radius 3 is 3.31 bits per heavy atom. The maximum absolute atomic E-state index is 5.89. The lowest BCUT2D eigenvalue weighted by Gasteiger charge is -1.93. The molecule has 0 aromatic heterocycles. The Kier molecular flexibility index (Phi) is 4.10. The van der Waals surface area contributed by atoms with Crippen molar-refractivity contribution >= 4 is 17.9 Å². The monoisotopic (exact) mass is 194 g/mol. The first-order chi connectivity index (χ1) is 6.33. The number of nitrogens with zero attached hydrogens (tertiary/aromatic N) is 1. The maximum atomic E-state index is 5.89. The molecule has 0 fully saturated rings. The molecule has 0 spiro atoms. The van der Waals surface area contributed by atoms with Crippen LogP contribution in [0.15, 0.2) is 46.3 Å². The lowest BCUT2D eigenvalue weighted by atomic mass is 10.3. The zero-order valence-corrected chi connectivity index (χ0v) is 8.01. The molecule has 1 rings (SSSR count). The zero-order chi connectivity index (χ0) is 9.52. The first kappa shape index (κ1) is 9.85. The maximum Gasteiger partial charge on any atom is 0.0870 e. The van der Waals surface area contributed by atoms with Gasteiger partial charge in [0.05, 0.1) is 12.9 Å². The quantitative estimate of drug-likeness (QED) is 0.686. The Hall–Kier alpha value is -1.24. The number of rotatable bonds is 3. The molecule has 1 aliphatic rings. The van der Waals surface area contributed by atoms with E-state index in [0.29, 0.717) is 13.0 Å². The van der Waals surface area contributed by atoms with Crippen LogP contribution in [0.1, 0.15) is 6.42 Å². The van der Waals surface area contributed by atoms with Gasteiger partial charge in [0.2, 0.25) is 0 Å². The van der Waals surface area contributed by atoms with Gasteiger partial charge >= 0.3 is 0 Å². The van der Waals surface area contributed by atoms with Crippen LogP contribution >= 0.6 is 11.6 Å². The van der Waals surface area contributed by atoms with Crippen LogP contribution < -0.4 is 5.32 Å². The molecule has 0 aromatic carbocycles. The highest BCUT2D eigenvalue weighted by Gasteiger charge is 1.96. The summed E-state index contributed by atoms with van der Waals surface area (Å²) in [6.07, 6.45) is 7.92. The lowest BCUT2D eigenvalue weighted by molar-refractivity contribution is 1.12. The van der Waals surface area contributed by atoms with Crippen LogP contribution in [0.2, 0.25) is 0 Å². The highest BCUT2D eigenvalue weighted by Crippen LogP contribution is 2.08. The van der Waals surface area contributed by atoms with Crippen molar-refractivity contribution in [1.82, 2.24) is 5.32 Å². The van der Waals surface area contributed by atoms with E-state index in [-0.39, 0.29) is 0 Å². The molecule has 0 atom stereocenters. The topological polar surface area (TPSA) is 24.4 Å². The van der Waals surface area contributed by atoms with Crippen molar-refractivity contribution in [1.29, 1.82) is 0 Å². The molecule has 1 heterocycles. The van der Waals surface area contributed by atoms with Gasteiger partial charge in [0.15, 0.2) is 0 Å². The summed E-state index contributed by atoms with van der Waals surface area (Å²) in [5, 5.41) is 3.76. The summed E-state index contributed by atoms with van der Waals surface area (Å²) in [6.45, 7) is 4.16. The van der Waals surface area contributed by atoms with E-state index < -0.39 is 0 Å². The standard InChI is InChI=1S/C10H11ClN2/c1-2-3-4-9(11)5-6-10-7-12-8-13-10/h3,5-6,8H,1,4,7H2,(H,12,13)/b9-5+,10-6+. The number of aliphatic imine (C=N–C) groups is 1.